The standard InChI is InChI=1S/C17H22N2O5S/c1-18-6-5-12-10-19(11-14(12)17(18)20)25(21,22)13-3-4-15-16(9-13)24-8-2-7-23-15/h3-4,9,12,14H,2,5-8,10-11H2,1H3/t12-,14+/m1/s1. The molecule has 0 saturated carbocycles. The fourth-order valence-corrected chi connectivity index (χ4v) is 5.34. The number of hydrogen-bond acceptors (Lipinski definition) is 5. The highest BCUT2D eigenvalue weighted by atomic mass is 32.2. The number of fused-ring (bicyclic) bond motifs is 2. The molecule has 3 heterocycles. The third kappa shape index (κ3) is 2.87. The number of rotatable bonds is 2. The van der Waals surface area contributed by atoms with E-state index in [9.17, 15) is 13.2 Å². The maximum absolute atomic E-state index is 13.0. The quantitative estimate of drug-likeness (QED) is 0.779. The van der Waals surface area contributed by atoms with Gasteiger partial charge < -0.3 is 14.4 Å². The summed E-state index contributed by atoms with van der Waals surface area (Å²) in [4.78, 5) is 14.2. The molecule has 0 spiro atoms. The summed E-state index contributed by atoms with van der Waals surface area (Å²) < 4.78 is 38.7. The van der Waals surface area contributed by atoms with Gasteiger partial charge in [0.25, 0.3) is 0 Å². The summed E-state index contributed by atoms with van der Waals surface area (Å²) in [5.74, 6) is 0.967. The van der Waals surface area contributed by atoms with Crippen LogP contribution in [0, 0.1) is 11.8 Å². The maximum Gasteiger partial charge on any atom is 0.243 e. The summed E-state index contributed by atoms with van der Waals surface area (Å²) in [6.07, 6.45) is 1.61. The van der Waals surface area contributed by atoms with Crippen LogP contribution in [-0.2, 0) is 14.8 Å². The van der Waals surface area contributed by atoms with Crippen LogP contribution in [0.3, 0.4) is 0 Å². The number of carbonyl (C=O) groups is 1. The van der Waals surface area contributed by atoms with E-state index in [4.69, 9.17) is 9.47 Å². The smallest absolute Gasteiger partial charge is 0.243 e. The monoisotopic (exact) mass is 366 g/mol. The van der Waals surface area contributed by atoms with Gasteiger partial charge >= 0.3 is 0 Å². The third-order valence-corrected chi connectivity index (χ3v) is 7.12. The van der Waals surface area contributed by atoms with Crippen LogP contribution in [0.5, 0.6) is 11.5 Å². The summed E-state index contributed by atoms with van der Waals surface area (Å²) in [7, 11) is -1.88. The minimum Gasteiger partial charge on any atom is -0.490 e. The van der Waals surface area contributed by atoms with Gasteiger partial charge in [0.15, 0.2) is 11.5 Å². The van der Waals surface area contributed by atoms with Gasteiger partial charge in [-0.3, -0.25) is 4.79 Å². The molecule has 8 heteroatoms. The molecular weight excluding hydrogens is 344 g/mol. The average Bonchev–Trinajstić information content (AvgIpc) is 2.91. The van der Waals surface area contributed by atoms with E-state index in [0.29, 0.717) is 37.8 Å². The van der Waals surface area contributed by atoms with Crippen molar-refractivity contribution in [3.8, 4) is 11.5 Å². The van der Waals surface area contributed by atoms with Crippen molar-refractivity contribution in [2.24, 2.45) is 11.8 Å². The minimum atomic E-state index is -3.66. The van der Waals surface area contributed by atoms with Crippen LogP contribution in [0.2, 0.25) is 0 Å². The molecule has 136 valence electrons. The molecule has 4 rings (SSSR count). The van der Waals surface area contributed by atoms with E-state index < -0.39 is 10.0 Å². The van der Waals surface area contributed by atoms with Gasteiger partial charge in [0.2, 0.25) is 15.9 Å². The van der Waals surface area contributed by atoms with Crippen molar-refractivity contribution in [3.63, 3.8) is 0 Å². The van der Waals surface area contributed by atoms with Gasteiger partial charge in [0.1, 0.15) is 0 Å². The molecule has 2 saturated heterocycles. The zero-order valence-electron chi connectivity index (χ0n) is 14.2. The first-order chi connectivity index (χ1) is 12.0. The van der Waals surface area contributed by atoms with Crippen LogP contribution in [0.4, 0.5) is 0 Å². The summed E-state index contributed by atoms with van der Waals surface area (Å²) >= 11 is 0. The summed E-state index contributed by atoms with van der Waals surface area (Å²) in [5.41, 5.74) is 0. The van der Waals surface area contributed by atoms with Crippen molar-refractivity contribution < 1.29 is 22.7 Å². The first-order valence-electron chi connectivity index (χ1n) is 8.61. The fourth-order valence-electron chi connectivity index (χ4n) is 3.81. The Labute approximate surface area is 147 Å². The Bertz CT molecular complexity index is 794. The fraction of sp³-hybridized carbons (Fsp3) is 0.588. The number of benzene rings is 1. The minimum absolute atomic E-state index is 0.0487. The van der Waals surface area contributed by atoms with E-state index in [2.05, 4.69) is 0 Å². The molecular formula is C17H22N2O5S. The van der Waals surface area contributed by atoms with Crippen molar-refractivity contribution in [2.45, 2.75) is 17.7 Å². The zero-order chi connectivity index (χ0) is 17.6. The number of hydrogen-bond donors (Lipinski definition) is 0. The summed E-state index contributed by atoms with van der Waals surface area (Å²) in [6, 6.07) is 4.74. The Morgan fingerprint density at radius 2 is 1.88 bits per heavy atom. The molecule has 1 aromatic rings. The lowest BCUT2D eigenvalue weighted by atomic mass is 9.88. The highest BCUT2D eigenvalue weighted by Crippen LogP contribution is 2.37. The molecule has 0 N–H and O–H groups in total. The van der Waals surface area contributed by atoms with Gasteiger partial charge in [-0.05, 0) is 24.5 Å². The van der Waals surface area contributed by atoms with E-state index in [0.717, 1.165) is 12.8 Å². The second kappa shape index (κ2) is 6.17. The second-order valence-corrected chi connectivity index (χ2v) is 8.83. The van der Waals surface area contributed by atoms with Crippen molar-refractivity contribution in [1.82, 2.24) is 9.21 Å². The lowest BCUT2D eigenvalue weighted by Crippen LogP contribution is -2.42. The topological polar surface area (TPSA) is 76.2 Å². The van der Waals surface area contributed by atoms with Gasteiger partial charge in [-0.1, -0.05) is 0 Å². The van der Waals surface area contributed by atoms with Crippen molar-refractivity contribution >= 4 is 15.9 Å². The maximum atomic E-state index is 13.0. The van der Waals surface area contributed by atoms with Crippen LogP contribution in [-0.4, -0.2) is 63.4 Å². The normalized spacial score (nSPS) is 27.1. The summed E-state index contributed by atoms with van der Waals surface area (Å²) in [6.45, 7) is 2.42. The van der Waals surface area contributed by atoms with Crippen LogP contribution < -0.4 is 9.47 Å². The number of amides is 1. The molecule has 0 bridgehead atoms. The Morgan fingerprint density at radius 1 is 1.12 bits per heavy atom. The number of carbonyl (C=O) groups excluding carboxylic acids is 1. The van der Waals surface area contributed by atoms with Crippen molar-refractivity contribution in [3.05, 3.63) is 18.2 Å². The van der Waals surface area contributed by atoms with E-state index in [1.807, 2.05) is 0 Å². The molecule has 2 fully saturated rings. The number of likely N-dealkylation sites (tertiary alicyclic amines) is 1. The Morgan fingerprint density at radius 3 is 2.68 bits per heavy atom. The molecule has 0 radical (unpaired) electrons. The predicted molar refractivity (Wildman–Crippen MR) is 90.0 cm³/mol. The Hall–Kier alpha value is -1.80. The van der Waals surface area contributed by atoms with Gasteiger partial charge in [0.05, 0.1) is 24.0 Å². The SMILES string of the molecule is CN1CC[C@@H]2CN(S(=O)(=O)c3ccc4c(c3)OCCCO4)C[C@@H]2C1=O. The molecule has 2 atom stereocenters. The lowest BCUT2D eigenvalue weighted by molar-refractivity contribution is -0.137. The molecule has 25 heavy (non-hydrogen) atoms. The second-order valence-electron chi connectivity index (χ2n) is 6.90. The predicted octanol–water partition coefficient (Wildman–Crippen LogP) is 0.947. The lowest BCUT2D eigenvalue weighted by Gasteiger charge is -2.30. The van der Waals surface area contributed by atoms with Crippen LogP contribution in [0.25, 0.3) is 0 Å². The van der Waals surface area contributed by atoms with Gasteiger partial charge in [-0.15, -0.1) is 0 Å². The van der Waals surface area contributed by atoms with Crippen molar-refractivity contribution in [1.29, 1.82) is 0 Å². The molecule has 1 amide bonds. The number of ether oxygens (including phenoxy) is 2. The number of piperidine rings is 1. The largest absolute Gasteiger partial charge is 0.490 e. The van der Waals surface area contributed by atoms with Crippen molar-refractivity contribution in [2.75, 3.05) is 39.9 Å². The van der Waals surface area contributed by atoms with E-state index in [1.165, 1.54) is 10.4 Å². The molecule has 0 aromatic heterocycles. The average molecular weight is 366 g/mol. The van der Waals surface area contributed by atoms with E-state index in [-0.39, 0.29) is 29.2 Å². The molecule has 1 aromatic carbocycles. The summed E-state index contributed by atoms with van der Waals surface area (Å²) in [5, 5.41) is 0. The Kier molecular flexibility index (Phi) is 4.11. The highest BCUT2D eigenvalue weighted by Gasteiger charge is 2.45. The zero-order valence-corrected chi connectivity index (χ0v) is 15.0. The number of nitrogens with zero attached hydrogens (tertiary/aromatic N) is 2. The molecule has 0 aliphatic carbocycles. The molecule has 3 aliphatic rings. The van der Waals surface area contributed by atoms with E-state index in [1.54, 1.807) is 24.1 Å². The van der Waals surface area contributed by atoms with Gasteiger partial charge in [-0.25, -0.2) is 8.42 Å². The first-order valence-corrected chi connectivity index (χ1v) is 10.1. The molecule has 0 unspecified atom stereocenters. The molecule has 7 nitrogen and oxygen atoms in total. The molecule has 3 aliphatic heterocycles. The van der Waals surface area contributed by atoms with E-state index >= 15 is 0 Å². The number of sulfonamides is 1. The third-order valence-electron chi connectivity index (χ3n) is 5.29. The van der Waals surface area contributed by atoms with Gasteiger partial charge in [-0.2, -0.15) is 4.31 Å². The Balaban J connectivity index is 1.60. The van der Waals surface area contributed by atoms with Crippen LogP contribution >= 0.6 is 0 Å². The van der Waals surface area contributed by atoms with Crippen LogP contribution in [0.15, 0.2) is 23.1 Å². The highest BCUT2D eigenvalue weighted by molar-refractivity contribution is 7.89. The first kappa shape index (κ1) is 16.7. The van der Waals surface area contributed by atoms with Crippen LogP contribution in [0.1, 0.15) is 12.8 Å². The van der Waals surface area contributed by atoms with Gasteiger partial charge in [0, 0.05) is 39.2 Å².